The molecule has 0 aromatic rings. The van der Waals surface area contributed by atoms with Gasteiger partial charge in [-0.1, -0.05) is 0 Å². The van der Waals surface area contributed by atoms with E-state index in [1.807, 2.05) is 0 Å². The van der Waals surface area contributed by atoms with Gasteiger partial charge in [-0.2, -0.15) is 0 Å². The quantitative estimate of drug-likeness (QED) is 0.347. The number of nitrogens with two attached hydrogens (primary N) is 1. The SMILES string of the molecule is CN(N)C(=O)OC(C)(C)C.Cl. The fraction of sp³-hybridized carbons (Fsp3) is 0.833. The van der Waals surface area contributed by atoms with E-state index in [1.54, 1.807) is 20.8 Å². The number of hydrazine groups is 1. The number of rotatable bonds is 0. The minimum Gasteiger partial charge on any atom is -0.443 e. The first-order valence-electron chi connectivity index (χ1n) is 3.04. The van der Waals surface area contributed by atoms with Gasteiger partial charge in [-0.15, -0.1) is 12.4 Å². The summed E-state index contributed by atoms with van der Waals surface area (Å²) in [5.41, 5.74) is -0.468. The third-order valence-corrected chi connectivity index (χ3v) is 0.681. The van der Waals surface area contributed by atoms with E-state index in [-0.39, 0.29) is 12.4 Å². The van der Waals surface area contributed by atoms with Crippen molar-refractivity contribution in [2.45, 2.75) is 26.4 Å². The topological polar surface area (TPSA) is 55.6 Å². The Morgan fingerprint density at radius 1 is 1.45 bits per heavy atom. The first kappa shape index (κ1) is 13.1. The van der Waals surface area contributed by atoms with Crippen molar-refractivity contribution in [3.63, 3.8) is 0 Å². The highest BCUT2D eigenvalue weighted by atomic mass is 35.5. The normalized spacial score (nSPS) is 9.91. The zero-order chi connectivity index (χ0) is 8.36. The van der Waals surface area contributed by atoms with Crippen LogP contribution in [0.2, 0.25) is 0 Å². The molecule has 0 aromatic carbocycles. The summed E-state index contributed by atoms with van der Waals surface area (Å²) >= 11 is 0. The van der Waals surface area contributed by atoms with Crippen molar-refractivity contribution in [3.8, 4) is 0 Å². The monoisotopic (exact) mass is 182 g/mol. The molecule has 2 N–H and O–H groups in total. The van der Waals surface area contributed by atoms with Crippen LogP contribution in [0.4, 0.5) is 4.79 Å². The summed E-state index contributed by atoms with van der Waals surface area (Å²) in [7, 11) is 1.44. The minimum atomic E-state index is -0.521. The molecule has 0 saturated carbocycles. The molecule has 0 fully saturated rings. The van der Waals surface area contributed by atoms with Crippen LogP contribution in [0.1, 0.15) is 20.8 Å². The number of hydrogen-bond donors (Lipinski definition) is 1. The van der Waals surface area contributed by atoms with Gasteiger partial charge in [-0.05, 0) is 20.8 Å². The van der Waals surface area contributed by atoms with Gasteiger partial charge in [0.1, 0.15) is 5.60 Å². The molecule has 1 amide bonds. The second kappa shape index (κ2) is 4.41. The molecule has 0 rings (SSSR count). The van der Waals surface area contributed by atoms with E-state index in [1.165, 1.54) is 7.05 Å². The van der Waals surface area contributed by atoms with Crippen molar-refractivity contribution < 1.29 is 9.53 Å². The molecule has 0 atom stereocenters. The molecular formula is C6H15ClN2O2. The summed E-state index contributed by atoms with van der Waals surface area (Å²) in [5, 5.41) is 0.908. The Hall–Kier alpha value is -0.480. The molecule has 0 unspecified atom stereocenters. The molecule has 0 radical (unpaired) electrons. The highest BCUT2D eigenvalue weighted by Gasteiger charge is 2.17. The molecular weight excluding hydrogens is 168 g/mol. The highest BCUT2D eigenvalue weighted by Crippen LogP contribution is 2.07. The molecule has 5 heteroatoms. The number of ether oxygens (including phenoxy) is 1. The van der Waals surface area contributed by atoms with Gasteiger partial charge in [0.2, 0.25) is 0 Å². The predicted molar refractivity (Wildman–Crippen MR) is 45.4 cm³/mol. The van der Waals surface area contributed by atoms with Crippen molar-refractivity contribution in [1.29, 1.82) is 0 Å². The molecule has 0 aliphatic heterocycles. The van der Waals surface area contributed by atoms with Crippen LogP contribution in [0.5, 0.6) is 0 Å². The summed E-state index contributed by atoms with van der Waals surface area (Å²) in [4.78, 5) is 10.7. The van der Waals surface area contributed by atoms with Gasteiger partial charge in [-0.25, -0.2) is 15.6 Å². The molecule has 0 heterocycles. The van der Waals surface area contributed by atoms with Crippen LogP contribution in [0.25, 0.3) is 0 Å². The zero-order valence-electron chi connectivity index (χ0n) is 7.25. The summed E-state index contributed by atoms with van der Waals surface area (Å²) in [6, 6.07) is 0. The van der Waals surface area contributed by atoms with Gasteiger partial charge < -0.3 is 4.74 Å². The van der Waals surface area contributed by atoms with E-state index < -0.39 is 11.7 Å². The van der Waals surface area contributed by atoms with Crippen LogP contribution in [-0.2, 0) is 4.74 Å². The lowest BCUT2D eigenvalue weighted by atomic mass is 10.2. The van der Waals surface area contributed by atoms with Gasteiger partial charge in [0.25, 0.3) is 0 Å². The lowest BCUT2D eigenvalue weighted by Gasteiger charge is -2.21. The molecule has 0 aliphatic rings. The van der Waals surface area contributed by atoms with E-state index >= 15 is 0 Å². The predicted octanol–water partition coefficient (Wildman–Crippen LogP) is 1.15. The van der Waals surface area contributed by atoms with Crippen molar-refractivity contribution in [2.24, 2.45) is 5.84 Å². The summed E-state index contributed by atoms with van der Waals surface area (Å²) < 4.78 is 4.86. The Labute approximate surface area is 73.1 Å². The Bertz CT molecular complexity index is 131. The van der Waals surface area contributed by atoms with Crippen LogP contribution in [0.15, 0.2) is 0 Å². The van der Waals surface area contributed by atoms with E-state index in [2.05, 4.69) is 0 Å². The van der Waals surface area contributed by atoms with Gasteiger partial charge >= 0.3 is 6.09 Å². The fourth-order valence-electron chi connectivity index (χ4n) is 0.334. The number of halogens is 1. The standard InChI is InChI=1S/C6H14N2O2.ClH/c1-6(2,3)10-5(9)8(4)7;/h7H2,1-4H3;1H. The van der Waals surface area contributed by atoms with Crippen LogP contribution >= 0.6 is 12.4 Å². The lowest BCUT2D eigenvalue weighted by molar-refractivity contribution is 0.0297. The smallest absolute Gasteiger partial charge is 0.424 e. The maximum absolute atomic E-state index is 10.7. The van der Waals surface area contributed by atoms with Crippen molar-refractivity contribution >= 4 is 18.5 Å². The van der Waals surface area contributed by atoms with Crippen molar-refractivity contribution in [2.75, 3.05) is 7.05 Å². The highest BCUT2D eigenvalue weighted by molar-refractivity contribution is 5.85. The Balaban J connectivity index is 0. The average molecular weight is 183 g/mol. The molecule has 0 aromatic heterocycles. The second-order valence-electron chi connectivity index (χ2n) is 3.09. The molecule has 68 valence electrons. The first-order valence-corrected chi connectivity index (χ1v) is 3.04. The number of carbonyl (C=O) groups excluding carboxylic acids is 1. The van der Waals surface area contributed by atoms with E-state index in [0.29, 0.717) is 0 Å². The van der Waals surface area contributed by atoms with Gasteiger partial charge in [-0.3, -0.25) is 0 Å². The van der Waals surface area contributed by atoms with E-state index in [0.717, 1.165) is 5.01 Å². The van der Waals surface area contributed by atoms with Gasteiger partial charge in [0.15, 0.2) is 0 Å². The van der Waals surface area contributed by atoms with Gasteiger partial charge in [0.05, 0.1) is 0 Å². The average Bonchev–Trinajstić information content (AvgIpc) is 1.60. The Kier molecular flexibility index (Phi) is 5.26. The maximum Gasteiger partial charge on any atom is 0.424 e. The second-order valence-corrected chi connectivity index (χ2v) is 3.09. The third kappa shape index (κ3) is 7.42. The van der Waals surface area contributed by atoms with E-state index in [4.69, 9.17) is 10.6 Å². The minimum absolute atomic E-state index is 0. The Morgan fingerprint density at radius 2 is 1.82 bits per heavy atom. The van der Waals surface area contributed by atoms with Crippen molar-refractivity contribution in [1.82, 2.24) is 5.01 Å². The number of nitrogens with zero attached hydrogens (tertiary/aromatic N) is 1. The lowest BCUT2D eigenvalue weighted by Crippen LogP contribution is -2.38. The first-order chi connectivity index (χ1) is 4.33. The van der Waals surface area contributed by atoms with E-state index in [9.17, 15) is 4.79 Å². The van der Waals surface area contributed by atoms with Crippen molar-refractivity contribution in [3.05, 3.63) is 0 Å². The van der Waals surface area contributed by atoms with Crippen LogP contribution in [0.3, 0.4) is 0 Å². The summed E-state index contributed by atoms with van der Waals surface area (Å²) in [6.07, 6.45) is -0.521. The van der Waals surface area contributed by atoms with Crippen LogP contribution in [-0.4, -0.2) is 23.8 Å². The molecule has 0 aliphatic carbocycles. The summed E-state index contributed by atoms with van der Waals surface area (Å²) in [5.74, 6) is 5.10. The summed E-state index contributed by atoms with van der Waals surface area (Å²) in [6.45, 7) is 5.36. The Morgan fingerprint density at radius 3 is 1.91 bits per heavy atom. The van der Waals surface area contributed by atoms with Crippen LogP contribution < -0.4 is 5.84 Å². The molecule has 0 spiro atoms. The number of carbonyl (C=O) groups is 1. The zero-order valence-corrected chi connectivity index (χ0v) is 8.07. The largest absolute Gasteiger partial charge is 0.443 e. The maximum atomic E-state index is 10.7. The number of hydrogen-bond acceptors (Lipinski definition) is 3. The third-order valence-electron chi connectivity index (χ3n) is 0.681. The van der Waals surface area contributed by atoms with Gasteiger partial charge in [0, 0.05) is 7.05 Å². The molecule has 4 nitrogen and oxygen atoms in total. The number of amides is 1. The molecule has 11 heavy (non-hydrogen) atoms. The van der Waals surface area contributed by atoms with Crippen LogP contribution in [0, 0.1) is 0 Å². The fourth-order valence-corrected chi connectivity index (χ4v) is 0.334. The molecule has 0 bridgehead atoms. The molecule has 0 saturated heterocycles.